The van der Waals surface area contributed by atoms with Gasteiger partial charge >= 0.3 is 0 Å². The van der Waals surface area contributed by atoms with E-state index in [-0.39, 0.29) is 24.0 Å². The Hall–Kier alpha value is -0.410. The van der Waals surface area contributed by atoms with Crippen molar-refractivity contribution >= 4 is 41.3 Å². The second-order valence-corrected chi connectivity index (χ2v) is 8.53. The van der Waals surface area contributed by atoms with Crippen LogP contribution in [-0.2, 0) is 6.54 Å². The van der Waals surface area contributed by atoms with Crippen LogP contribution < -0.4 is 10.6 Å². The van der Waals surface area contributed by atoms with Crippen LogP contribution in [0.3, 0.4) is 0 Å². The van der Waals surface area contributed by atoms with Gasteiger partial charge in [0, 0.05) is 43.5 Å². The third-order valence-electron chi connectivity index (χ3n) is 4.36. The van der Waals surface area contributed by atoms with Crippen LogP contribution in [0, 0.1) is 5.92 Å². The number of nitrogens with zero attached hydrogens (tertiary/aromatic N) is 3. The minimum absolute atomic E-state index is 0. The Kier molecular flexibility index (Phi) is 11.0. The SMILES string of the molecule is CCNC(=NCc1csc(C(C)C)n1)NC1CCN(CC(C)C)CC1.I. The summed E-state index contributed by atoms with van der Waals surface area (Å²) in [5, 5.41) is 10.3. The van der Waals surface area contributed by atoms with Gasteiger partial charge in [-0.1, -0.05) is 27.7 Å². The summed E-state index contributed by atoms with van der Waals surface area (Å²) in [4.78, 5) is 12.0. The monoisotopic (exact) mass is 493 g/mol. The average Bonchev–Trinajstić information content (AvgIpc) is 3.03. The smallest absolute Gasteiger partial charge is 0.191 e. The molecule has 0 saturated carbocycles. The van der Waals surface area contributed by atoms with Crippen LogP contribution in [0.5, 0.6) is 0 Å². The number of halogens is 1. The first kappa shape index (κ1) is 23.6. The molecule has 150 valence electrons. The molecule has 0 radical (unpaired) electrons. The first-order chi connectivity index (χ1) is 12.0. The molecule has 0 bridgehead atoms. The van der Waals surface area contributed by atoms with Crippen molar-refractivity contribution in [3.8, 4) is 0 Å². The average molecular weight is 494 g/mol. The number of aliphatic imine (C=N–C) groups is 1. The van der Waals surface area contributed by atoms with Crippen LogP contribution in [0.1, 0.15) is 64.1 Å². The van der Waals surface area contributed by atoms with E-state index in [0.29, 0.717) is 18.5 Å². The molecule has 0 atom stereocenters. The van der Waals surface area contributed by atoms with Gasteiger partial charge in [0.25, 0.3) is 0 Å². The lowest BCUT2D eigenvalue weighted by Gasteiger charge is -2.34. The van der Waals surface area contributed by atoms with E-state index < -0.39 is 0 Å². The van der Waals surface area contributed by atoms with Crippen molar-refractivity contribution in [2.24, 2.45) is 10.9 Å². The molecule has 1 aromatic heterocycles. The zero-order valence-corrected chi connectivity index (χ0v) is 20.1. The van der Waals surface area contributed by atoms with E-state index in [1.165, 1.54) is 37.5 Å². The maximum Gasteiger partial charge on any atom is 0.191 e. The van der Waals surface area contributed by atoms with Crippen molar-refractivity contribution in [3.63, 3.8) is 0 Å². The fourth-order valence-electron chi connectivity index (χ4n) is 3.11. The van der Waals surface area contributed by atoms with Gasteiger partial charge in [0.15, 0.2) is 5.96 Å². The zero-order valence-electron chi connectivity index (χ0n) is 16.9. The highest BCUT2D eigenvalue weighted by Gasteiger charge is 2.20. The highest BCUT2D eigenvalue weighted by molar-refractivity contribution is 14.0. The number of aromatic nitrogens is 1. The van der Waals surface area contributed by atoms with Gasteiger partial charge in [-0.05, 0) is 25.7 Å². The van der Waals surface area contributed by atoms with Gasteiger partial charge in [-0.2, -0.15) is 0 Å². The van der Waals surface area contributed by atoms with Crippen molar-refractivity contribution in [2.75, 3.05) is 26.2 Å². The predicted octanol–water partition coefficient (Wildman–Crippen LogP) is 4.06. The van der Waals surface area contributed by atoms with Crippen LogP contribution >= 0.6 is 35.3 Å². The van der Waals surface area contributed by atoms with Gasteiger partial charge < -0.3 is 15.5 Å². The minimum Gasteiger partial charge on any atom is -0.357 e. The molecule has 2 rings (SSSR count). The lowest BCUT2D eigenvalue weighted by atomic mass is 10.0. The first-order valence-electron chi connectivity index (χ1n) is 9.69. The van der Waals surface area contributed by atoms with E-state index in [4.69, 9.17) is 4.99 Å². The summed E-state index contributed by atoms with van der Waals surface area (Å²) in [6, 6.07) is 0.517. The molecule has 0 unspecified atom stereocenters. The summed E-state index contributed by atoms with van der Waals surface area (Å²) in [6.07, 6.45) is 2.37. The molecule has 2 N–H and O–H groups in total. The molecule has 26 heavy (non-hydrogen) atoms. The van der Waals surface area contributed by atoms with Crippen molar-refractivity contribution in [1.29, 1.82) is 0 Å². The summed E-state index contributed by atoms with van der Waals surface area (Å²) in [6.45, 7) is 16.2. The van der Waals surface area contributed by atoms with Gasteiger partial charge in [0.05, 0.1) is 17.2 Å². The molecule has 0 amide bonds. The van der Waals surface area contributed by atoms with E-state index in [1.807, 2.05) is 0 Å². The molecule has 7 heteroatoms. The van der Waals surface area contributed by atoms with Crippen molar-refractivity contribution in [1.82, 2.24) is 20.5 Å². The van der Waals surface area contributed by atoms with E-state index in [0.717, 1.165) is 24.1 Å². The Labute approximate surface area is 180 Å². The highest BCUT2D eigenvalue weighted by Crippen LogP contribution is 2.19. The Morgan fingerprint density at radius 1 is 1.31 bits per heavy atom. The quantitative estimate of drug-likeness (QED) is 0.342. The van der Waals surface area contributed by atoms with Gasteiger partial charge in [0.1, 0.15) is 0 Å². The van der Waals surface area contributed by atoms with Crippen LogP contribution in [0.2, 0.25) is 0 Å². The molecular weight excluding hydrogens is 457 g/mol. The molecule has 1 saturated heterocycles. The number of rotatable bonds is 7. The van der Waals surface area contributed by atoms with Gasteiger partial charge in [-0.25, -0.2) is 9.98 Å². The number of nitrogens with one attached hydrogen (secondary N) is 2. The second kappa shape index (κ2) is 12.1. The van der Waals surface area contributed by atoms with Gasteiger partial charge in [0.2, 0.25) is 0 Å². The molecule has 1 aliphatic heterocycles. The number of thiazole rings is 1. The molecule has 0 aliphatic carbocycles. The second-order valence-electron chi connectivity index (χ2n) is 7.64. The predicted molar refractivity (Wildman–Crippen MR) is 124 cm³/mol. The number of likely N-dealkylation sites (tertiary alicyclic amines) is 1. The van der Waals surface area contributed by atoms with Crippen LogP contribution in [-0.4, -0.2) is 48.1 Å². The molecule has 1 aliphatic rings. The van der Waals surface area contributed by atoms with Gasteiger partial charge in [-0.3, -0.25) is 0 Å². The lowest BCUT2D eigenvalue weighted by molar-refractivity contribution is 0.187. The highest BCUT2D eigenvalue weighted by atomic mass is 127. The third kappa shape index (κ3) is 8.08. The first-order valence-corrected chi connectivity index (χ1v) is 10.6. The molecule has 1 fully saturated rings. The summed E-state index contributed by atoms with van der Waals surface area (Å²) in [5.74, 6) is 2.16. The minimum atomic E-state index is 0. The largest absolute Gasteiger partial charge is 0.357 e. The van der Waals surface area contributed by atoms with Crippen molar-refractivity contribution < 1.29 is 0 Å². The fraction of sp³-hybridized carbons (Fsp3) is 0.789. The molecule has 2 heterocycles. The van der Waals surface area contributed by atoms with Crippen molar-refractivity contribution in [3.05, 3.63) is 16.1 Å². The number of piperidine rings is 1. The summed E-state index contributed by atoms with van der Waals surface area (Å²) in [7, 11) is 0. The maximum atomic E-state index is 4.74. The lowest BCUT2D eigenvalue weighted by Crippen LogP contribution is -2.49. The summed E-state index contributed by atoms with van der Waals surface area (Å²) < 4.78 is 0. The topological polar surface area (TPSA) is 52.6 Å². The zero-order chi connectivity index (χ0) is 18.2. The normalized spacial score (nSPS) is 16.8. The fourth-order valence-corrected chi connectivity index (χ4v) is 3.94. The van der Waals surface area contributed by atoms with E-state index in [1.54, 1.807) is 11.3 Å². The van der Waals surface area contributed by atoms with Crippen LogP contribution in [0.15, 0.2) is 10.4 Å². The Balaban J connectivity index is 0.00000338. The third-order valence-corrected chi connectivity index (χ3v) is 5.55. The summed E-state index contributed by atoms with van der Waals surface area (Å²) in [5.41, 5.74) is 1.07. The summed E-state index contributed by atoms with van der Waals surface area (Å²) >= 11 is 1.74. The Bertz CT molecular complexity index is 536. The Morgan fingerprint density at radius 2 is 2.00 bits per heavy atom. The molecule has 1 aromatic rings. The molecular formula is C19H36IN5S. The van der Waals surface area contributed by atoms with Gasteiger partial charge in [-0.15, -0.1) is 35.3 Å². The van der Waals surface area contributed by atoms with Crippen LogP contribution in [0.4, 0.5) is 0 Å². The molecule has 5 nitrogen and oxygen atoms in total. The van der Waals surface area contributed by atoms with E-state index >= 15 is 0 Å². The van der Waals surface area contributed by atoms with Crippen molar-refractivity contribution in [2.45, 2.75) is 66.0 Å². The Morgan fingerprint density at radius 3 is 2.54 bits per heavy atom. The van der Waals surface area contributed by atoms with Crippen LogP contribution in [0.25, 0.3) is 0 Å². The number of guanidine groups is 1. The van der Waals surface area contributed by atoms with E-state index in [2.05, 4.69) is 60.5 Å². The molecule has 0 aromatic carbocycles. The molecule has 0 spiro atoms. The van der Waals surface area contributed by atoms with E-state index in [9.17, 15) is 0 Å². The maximum absolute atomic E-state index is 4.74. The number of hydrogen-bond donors (Lipinski definition) is 2. The number of hydrogen-bond acceptors (Lipinski definition) is 4. The standard InChI is InChI=1S/C19H35N5S.HI/c1-6-20-19(21-11-17-13-25-18(22-17)15(4)5)23-16-7-9-24(10-8-16)12-14(2)3;/h13-16H,6-12H2,1-5H3,(H2,20,21,23);1H.